The van der Waals surface area contributed by atoms with Gasteiger partial charge >= 0.3 is 5.97 Å². The minimum atomic E-state index is -3.84. The number of sulfonamides is 1. The van der Waals surface area contributed by atoms with Gasteiger partial charge in [0.2, 0.25) is 10.0 Å². The molecule has 0 spiro atoms. The van der Waals surface area contributed by atoms with Gasteiger partial charge in [0.25, 0.3) is 0 Å². The summed E-state index contributed by atoms with van der Waals surface area (Å²) in [6.07, 6.45) is 1.47. The maximum atomic E-state index is 12.4. The van der Waals surface area contributed by atoms with Gasteiger partial charge in [0.1, 0.15) is 5.54 Å². The Bertz CT molecular complexity index is 632. The molecule has 1 saturated carbocycles. The topological polar surface area (TPSA) is 83.5 Å². The number of hydrogen-bond donors (Lipinski definition) is 2. The smallest absolute Gasteiger partial charge is 0.324 e. The summed E-state index contributed by atoms with van der Waals surface area (Å²) in [5.41, 5.74) is -0.396. The second kappa shape index (κ2) is 5.42. The Balaban J connectivity index is 2.27. The molecular formula is C15H21NO4S. The molecule has 2 N–H and O–H groups in total. The van der Waals surface area contributed by atoms with Crippen LogP contribution in [0.15, 0.2) is 29.2 Å². The third-order valence-corrected chi connectivity index (χ3v) is 5.63. The monoisotopic (exact) mass is 311 g/mol. The van der Waals surface area contributed by atoms with Crippen molar-refractivity contribution in [3.8, 4) is 0 Å². The Kier molecular flexibility index (Phi) is 4.13. The van der Waals surface area contributed by atoms with E-state index in [0.29, 0.717) is 5.92 Å². The Morgan fingerprint density at radius 3 is 2.19 bits per heavy atom. The van der Waals surface area contributed by atoms with Crippen LogP contribution >= 0.6 is 0 Å². The van der Waals surface area contributed by atoms with Crippen LogP contribution in [0.5, 0.6) is 0 Å². The van der Waals surface area contributed by atoms with Gasteiger partial charge in [-0.05, 0) is 49.3 Å². The number of nitrogens with one attached hydrogen (secondary N) is 1. The molecule has 1 fully saturated rings. The van der Waals surface area contributed by atoms with Gasteiger partial charge in [-0.15, -0.1) is 0 Å². The molecule has 0 aromatic heterocycles. The van der Waals surface area contributed by atoms with E-state index in [4.69, 9.17) is 0 Å². The standard InChI is InChI=1S/C15H21NO4S/c1-10(2)11-4-8-13(9-5-11)21(19,20)16-15(3,14(17)18)12-6-7-12/h4-5,8-10,12,16H,6-7H2,1-3H3,(H,17,18). The minimum Gasteiger partial charge on any atom is -0.480 e. The lowest BCUT2D eigenvalue weighted by molar-refractivity contribution is -0.144. The number of hydrogen-bond acceptors (Lipinski definition) is 3. The van der Waals surface area contributed by atoms with Crippen LogP contribution in [0.3, 0.4) is 0 Å². The maximum absolute atomic E-state index is 12.4. The molecule has 116 valence electrons. The van der Waals surface area contributed by atoms with Crippen LogP contribution in [-0.2, 0) is 14.8 Å². The molecule has 0 radical (unpaired) electrons. The van der Waals surface area contributed by atoms with Gasteiger partial charge in [0.05, 0.1) is 4.90 Å². The highest BCUT2D eigenvalue weighted by atomic mass is 32.2. The third-order valence-electron chi connectivity index (χ3n) is 4.04. The van der Waals surface area contributed by atoms with Crippen molar-refractivity contribution >= 4 is 16.0 Å². The van der Waals surface area contributed by atoms with Crippen molar-refractivity contribution in [3.05, 3.63) is 29.8 Å². The molecule has 1 atom stereocenters. The summed E-state index contributed by atoms with van der Waals surface area (Å²) in [7, 11) is -3.84. The highest BCUT2D eigenvalue weighted by Gasteiger charge is 2.50. The fraction of sp³-hybridized carbons (Fsp3) is 0.533. The molecule has 0 amide bonds. The van der Waals surface area contributed by atoms with E-state index in [2.05, 4.69) is 4.72 Å². The first-order valence-corrected chi connectivity index (χ1v) is 8.52. The molecule has 21 heavy (non-hydrogen) atoms. The lowest BCUT2D eigenvalue weighted by Gasteiger charge is -2.25. The molecule has 0 saturated heterocycles. The number of benzene rings is 1. The van der Waals surface area contributed by atoms with Crippen molar-refractivity contribution in [3.63, 3.8) is 0 Å². The quantitative estimate of drug-likeness (QED) is 0.844. The molecule has 0 heterocycles. The normalized spacial score (nSPS) is 18.5. The van der Waals surface area contributed by atoms with Crippen LogP contribution in [0.4, 0.5) is 0 Å². The van der Waals surface area contributed by atoms with E-state index >= 15 is 0 Å². The molecule has 6 heteroatoms. The second-order valence-electron chi connectivity index (χ2n) is 6.11. The van der Waals surface area contributed by atoms with Crippen molar-refractivity contribution in [1.29, 1.82) is 0 Å². The first kappa shape index (κ1) is 16.0. The highest BCUT2D eigenvalue weighted by molar-refractivity contribution is 7.89. The molecule has 5 nitrogen and oxygen atoms in total. The number of carbonyl (C=O) groups is 1. The Morgan fingerprint density at radius 1 is 1.29 bits per heavy atom. The summed E-state index contributed by atoms with van der Waals surface area (Å²) in [4.78, 5) is 11.5. The van der Waals surface area contributed by atoms with Crippen LogP contribution in [0.1, 0.15) is 45.1 Å². The van der Waals surface area contributed by atoms with Gasteiger partial charge in [0.15, 0.2) is 0 Å². The zero-order valence-corrected chi connectivity index (χ0v) is 13.3. The predicted octanol–water partition coefficient (Wildman–Crippen LogP) is 2.34. The summed E-state index contributed by atoms with van der Waals surface area (Å²) in [6.45, 7) is 5.49. The summed E-state index contributed by atoms with van der Waals surface area (Å²) < 4.78 is 27.2. The molecule has 1 aliphatic carbocycles. The largest absolute Gasteiger partial charge is 0.480 e. The third kappa shape index (κ3) is 3.27. The average Bonchev–Trinajstić information content (AvgIpc) is 3.22. The number of rotatable bonds is 6. The van der Waals surface area contributed by atoms with Crippen molar-refractivity contribution < 1.29 is 18.3 Å². The Labute approximate surface area is 125 Å². The van der Waals surface area contributed by atoms with Gasteiger partial charge < -0.3 is 5.11 Å². The molecule has 1 aromatic carbocycles. The minimum absolute atomic E-state index is 0.0972. The fourth-order valence-corrected chi connectivity index (χ4v) is 3.76. The zero-order valence-electron chi connectivity index (χ0n) is 12.5. The van der Waals surface area contributed by atoms with E-state index in [1.165, 1.54) is 19.1 Å². The van der Waals surface area contributed by atoms with Gasteiger partial charge in [0, 0.05) is 0 Å². The van der Waals surface area contributed by atoms with E-state index in [9.17, 15) is 18.3 Å². The van der Waals surface area contributed by atoms with Gasteiger partial charge in [-0.2, -0.15) is 4.72 Å². The van der Waals surface area contributed by atoms with Crippen molar-refractivity contribution in [1.82, 2.24) is 4.72 Å². The summed E-state index contributed by atoms with van der Waals surface area (Å²) in [5, 5.41) is 9.34. The van der Waals surface area contributed by atoms with Crippen molar-refractivity contribution in [2.75, 3.05) is 0 Å². The molecule has 1 aliphatic rings. The van der Waals surface area contributed by atoms with Crippen LogP contribution in [0.25, 0.3) is 0 Å². The highest BCUT2D eigenvalue weighted by Crippen LogP contribution is 2.40. The first-order valence-electron chi connectivity index (χ1n) is 7.04. The molecule has 1 unspecified atom stereocenters. The lowest BCUT2D eigenvalue weighted by Crippen LogP contribution is -2.53. The molecule has 0 bridgehead atoms. The second-order valence-corrected chi connectivity index (χ2v) is 7.79. The maximum Gasteiger partial charge on any atom is 0.324 e. The van der Waals surface area contributed by atoms with E-state index < -0.39 is 21.5 Å². The van der Waals surface area contributed by atoms with Gasteiger partial charge in [-0.25, -0.2) is 8.42 Å². The van der Waals surface area contributed by atoms with Gasteiger partial charge in [-0.1, -0.05) is 26.0 Å². The zero-order chi connectivity index (χ0) is 15.8. The lowest BCUT2D eigenvalue weighted by atomic mass is 9.98. The Morgan fingerprint density at radius 2 is 1.81 bits per heavy atom. The van der Waals surface area contributed by atoms with Crippen LogP contribution < -0.4 is 4.72 Å². The average molecular weight is 311 g/mol. The predicted molar refractivity (Wildman–Crippen MR) is 79.6 cm³/mol. The van der Waals surface area contributed by atoms with Crippen LogP contribution in [-0.4, -0.2) is 25.0 Å². The van der Waals surface area contributed by atoms with Gasteiger partial charge in [-0.3, -0.25) is 4.79 Å². The van der Waals surface area contributed by atoms with Crippen molar-refractivity contribution in [2.24, 2.45) is 5.92 Å². The molecule has 2 rings (SSSR count). The molecular weight excluding hydrogens is 290 g/mol. The SMILES string of the molecule is CC(C)c1ccc(S(=O)(=O)NC(C)(C(=O)O)C2CC2)cc1. The fourth-order valence-electron chi connectivity index (χ4n) is 2.33. The molecule has 0 aliphatic heterocycles. The Hall–Kier alpha value is -1.40. The number of carboxylic acids is 1. The van der Waals surface area contributed by atoms with E-state index in [1.54, 1.807) is 12.1 Å². The first-order chi connectivity index (χ1) is 9.67. The van der Waals surface area contributed by atoms with Crippen molar-refractivity contribution in [2.45, 2.75) is 50.0 Å². The van der Waals surface area contributed by atoms with Crippen LogP contribution in [0.2, 0.25) is 0 Å². The van der Waals surface area contributed by atoms with E-state index in [1.807, 2.05) is 13.8 Å². The molecule has 1 aromatic rings. The number of aliphatic carboxylic acids is 1. The van der Waals surface area contributed by atoms with E-state index in [-0.39, 0.29) is 10.8 Å². The summed E-state index contributed by atoms with van der Waals surface area (Å²) in [6, 6.07) is 6.56. The number of carboxylic acid groups (broad SMARTS) is 1. The van der Waals surface area contributed by atoms with E-state index in [0.717, 1.165) is 18.4 Å². The van der Waals surface area contributed by atoms with Crippen LogP contribution in [0, 0.1) is 5.92 Å². The summed E-state index contributed by atoms with van der Waals surface area (Å²) >= 11 is 0. The summed E-state index contributed by atoms with van der Waals surface area (Å²) in [5.74, 6) is -0.961.